The molecule has 1 amide bonds. The Balaban J connectivity index is 1.90. The summed E-state index contributed by atoms with van der Waals surface area (Å²) in [5.74, 6) is -0.384. The molecular weight excluding hydrogens is 367 g/mol. The van der Waals surface area contributed by atoms with E-state index in [2.05, 4.69) is 25.6 Å². The molecule has 7 nitrogen and oxygen atoms in total. The summed E-state index contributed by atoms with van der Waals surface area (Å²) in [6, 6.07) is 6.51. The minimum Gasteiger partial charge on any atom is -0.368 e. The van der Waals surface area contributed by atoms with E-state index < -0.39 is 0 Å². The summed E-state index contributed by atoms with van der Waals surface area (Å²) < 4.78 is 14.2. The van der Waals surface area contributed by atoms with Gasteiger partial charge in [0.1, 0.15) is 5.82 Å². The zero-order chi connectivity index (χ0) is 19.0. The molecule has 1 aromatic carbocycles. The third kappa shape index (κ3) is 3.10. The smallest absolute Gasteiger partial charge is 0.255 e. The van der Waals surface area contributed by atoms with E-state index in [0.29, 0.717) is 46.2 Å². The summed E-state index contributed by atoms with van der Waals surface area (Å²) in [4.78, 5) is 24.4. The van der Waals surface area contributed by atoms with Gasteiger partial charge in [-0.1, -0.05) is 6.07 Å². The van der Waals surface area contributed by atoms with Crippen LogP contribution in [-0.2, 0) is 6.42 Å². The topological polar surface area (TPSA) is 109 Å². The van der Waals surface area contributed by atoms with Crippen LogP contribution in [0.4, 0.5) is 21.7 Å². The molecular formula is C18H17FN6OS. The molecule has 1 aliphatic rings. The lowest BCUT2D eigenvalue weighted by Crippen LogP contribution is -2.31. The van der Waals surface area contributed by atoms with Gasteiger partial charge < -0.3 is 21.4 Å². The first-order chi connectivity index (χ1) is 13.1. The fourth-order valence-electron chi connectivity index (χ4n) is 3.16. The van der Waals surface area contributed by atoms with Crippen molar-refractivity contribution >= 4 is 35.0 Å². The van der Waals surface area contributed by atoms with E-state index >= 15 is 0 Å². The Morgan fingerprint density at radius 2 is 2.19 bits per heavy atom. The number of H-pyrrole nitrogens is 1. The van der Waals surface area contributed by atoms with E-state index in [1.165, 1.54) is 17.8 Å². The average Bonchev–Trinajstić information content (AvgIpc) is 3.02. The minimum atomic E-state index is -0.325. The van der Waals surface area contributed by atoms with Crippen LogP contribution < -0.4 is 16.4 Å². The minimum absolute atomic E-state index is 0.131. The summed E-state index contributed by atoms with van der Waals surface area (Å²) in [7, 11) is 0. The largest absolute Gasteiger partial charge is 0.368 e. The fourth-order valence-corrected chi connectivity index (χ4v) is 3.76. The molecule has 2 aromatic heterocycles. The van der Waals surface area contributed by atoms with Crippen LogP contribution in [0, 0.1) is 5.82 Å². The standard InChI is InChI=1S/C18H17FN6OS/c1-27-16-9(19)3-2-4-12(16)24-15-13-10(5-7-21-17(13)26)23-14(15)11-6-8-22-18(20)25-11/h2-4,6,8,23-24H,5,7H2,1H3,(H,21,26)(H2,20,22,25). The van der Waals surface area contributed by atoms with Crippen molar-refractivity contribution in [1.29, 1.82) is 0 Å². The Morgan fingerprint density at radius 3 is 2.96 bits per heavy atom. The highest BCUT2D eigenvalue weighted by molar-refractivity contribution is 7.98. The van der Waals surface area contributed by atoms with Gasteiger partial charge >= 0.3 is 0 Å². The first-order valence-electron chi connectivity index (χ1n) is 8.30. The molecule has 3 heterocycles. The number of thioether (sulfide) groups is 1. The average molecular weight is 384 g/mol. The van der Waals surface area contributed by atoms with Gasteiger partial charge in [-0.2, -0.15) is 0 Å². The van der Waals surface area contributed by atoms with Gasteiger partial charge in [-0.25, -0.2) is 14.4 Å². The van der Waals surface area contributed by atoms with Gasteiger partial charge in [0.2, 0.25) is 5.95 Å². The van der Waals surface area contributed by atoms with Gasteiger partial charge in [0.05, 0.1) is 33.2 Å². The Labute approximate surface area is 159 Å². The van der Waals surface area contributed by atoms with Crippen molar-refractivity contribution in [2.75, 3.05) is 23.9 Å². The van der Waals surface area contributed by atoms with E-state index in [0.717, 1.165) is 5.69 Å². The molecule has 138 valence electrons. The molecule has 0 saturated carbocycles. The van der Waals surface area contributed by atoms with E-state index in [1.54, 1.807) is 30.7 Å². The van der Waals surface area contributed by atoms with Crippen LogP contribution in [0.15, 0.2) is 35.4 Å². The summed E-state index contributed by atoms with van der Waals surface area (Å²) in [5.41, 5.74) is 9.31. The Bertz CT molecular complexity index is 1030. The molecule has 0 fully saturated rings. The van der Waals surface area contributed by atoms with Crippen LogP contribution in [0.2, 0.25) is 0 Å². The number of nitrogens with zero attached hydrogens (tertiary/aromatic N) is 2. The van der Waals surface area contributed by atoms with E-state index in [-0.39, 0.29) is 17.7 Å². The zero-order valence-corrected chi connectivity index (χ0v) is 15.3. The number of aromatic amines is 1. The van der Waals surface area contributed by atoms with Crippen molar-refractivity contribution in [3.05, 3.63) is 47.5 Å². The predicted molar refractivity (Wildman–Crippen MR) is 104 cm³/mol. The van der Waals surface area contributed by atoms with Crippen LogP contribution in [0.1, 0.15) is 16.1 Å². The highest BCUT2D eigenvalue weighted by atomic mass is 32.2. The molecule has 0 bridgehead atoms. The number of rotatable bonds is 4. The summed E-state index contributed by atoms with van der Waals surface area (Å²) >= 11 is 1.29. The van der Waals surface area contributed by atoms with Crippen LogP contribution in [0.25, 0.3) is 11.4 Å². The number of nitrogen functional groups attached to an aromatic ring is 1. The predicted octanol–water partition coefficient (Wildman–Crippen LogP) is 2.94. The number of nitrogens with one attached hydrogen (secondary N) is 3. The molecule has 3 aromatic rings. The molecule has 0 atom stereocenters. The first-order valence-corrected chi connectivity index (χ1v) is 9.52. The molecule has 1 aliphatic heterocycles. The number of aromatic nitrogens is 3. The van der Waals surface area contributed by atoms with Crippen LogP contribution in [0.5, 0.6) is 0 Å². The van der Waals surface area contributed by atoms with Crippen molar-refractivity contribution in [3.8, 4) is 11.4 Å². The molecule has 27 heavy (non-hydrogen) atoms. The number of carbonyl (C=O) groups is 1. The third-order valence-corrected chi connectivity index (χ3v) is 5.15. The summed E-state index contributed by atoms with van der Waals surface area (Å²) in [6.07, 6.45) is 4.01. The summed E-state index contributed by atoms with van der Waals surface area (Å²) in [5, 5.41) is 6.08. The second-order valence-corrected chi connectivity index (χ2v) is 6.80. The normalized spacial score (nSPS) is 13.2. The number of amides is 1. The number of halogens is 1. The Morgan fingerprint density at radius 1 is 1.33 bits per heavy atom. The monoisotopic (exact) mass is 384 g/mol. The highest BCUT2D eigenvalue weighted by Gasteiger charge is 2.28. The second kappa shape index (κ2) is 6.92. The number of hydrogen-bond acceptors (Lipinski definition) is 6. The molecule has 0 spiro atoms. The second-order valence-electron chi connectivity index (χ2n) is 5.98. The van der Waals surface area contributed by atoms with Crippen molar-refractivity contribution in [2.24, 2.45) is 0 Å². The van der Waals surface area contributed by atoms with Crippen LogP contribution in [-0.4, -0.2) is 33.7 Å². The van der Waals surface area contributed by atoms with Gasteiger partial charge in [-0.05, 0) is 24.5 Å². The maximum Gasteiger partial charge on any atom is 0.255 e. The molecule has 0 saturated heterocycles. The van der Waals surface area contributed by atoms with E-state index in [9.17, 15) is 9.18 Å². The number of benzene rings is 1. The number of nitrogens with two attached hydrogens (primary N) is 1. The quantitative estimate of drug-likeness (QED) is 0.515. The Kier molecular flexibility index (Phi) is 4.44. The number of carbonyl (C=O) groups excluding carboxylic acids is 1. The molecule has 0 unspecified atom stereocenters. The number of anilines is 3. The molecule has 9 heteroatoms. The lowest BCUT2D eigenvalue weighted by Gasteiger charge is -2.16. The zero-order valence-electron chi connectivity index (χ0n) is 14.5. The fraction of sp³-hybridized carbons (Fsp3) is 0.167. The van der Waals surface area contributed by atoms with Crippen molar-refractivity contribution in [1.82, 2.24) is 20.3 Å². The van der Waals surface area contributed by atoms with Gasteiger partial charge in [0.25, 0.3) is 5.91 Å². The molecule has 4 rings (SSSR count). The van der Waals surface area contributed by atoms with Crippen LogP contribution >= 0.6 is 11.8 Å². The lowest BCUT2D eigenvalue weighted by atomic mass is 10.1. The molecule has 5 N–H and O–H groups in total. The maximum absolute atomic E-state index is 14.2. The van der Waals surface area contributed by atoms with Crippen LogP contribution in [0.3, 0.4) is 0 Å². The van der Waals surface area contributed by atoms with Gasteiger partial charge in [0, 0.05) is 24.9 Å². The van der Waals surface area contributed by atoms with Gasteiger partial charge in [0.15, 0.2) is 0 Å². The van der Waals surface area contributed by atoms with Gasteiger partial charge in [-0.15, -0.1) is 11.8 Å². The van der Waals surface area contributed by atoms with Crippen molar-refractivity contribution in [2.45, 2.75) is 11.3 Å². The molecule has 0 aliphatic carbocycles. The Hall–Kier alpha value is -3.07. The summed E-state index contributed by atoms with van der Waals surface area (Å²) in [6.45, 7) is 0.549. The maximum atomic E-state index is 14.2. The van der Waals surface area contributed by atoms with E-state index in [4.69, 9.17) is 5.73 Å². The highest BCUT2D eigenvalue weighted by Crippen LogP contribution is 2.38. The van der Waals surface area contributed by atoms with Gasteiger partial charge in [-0.3, -0.25) is 4.79 Å². The lowest BCUT2D eigenvalue weighted by molar-refractivity contribution is 0.0947. The SMILES string of the molecule is CSc1c(F)cccc1Nc1c(-c2ccnc(N)n2)[nH]c2c1C(=O)NCC2. The molecule has 0 radical (unpaired) electrons. The number of fused-ring (bicyclic) bond motifs is 1. The van der Waals surface area contributed by atoms with E-state index in [1.807, 2.05) is 0 Å². The first kappa shape index (κ1) is 17.3. The van der Waals surface area contributed by atoms with Crippen molar-refractivity contribution in [3.63, 3.8) is 0 Å². The number of hydrogen-bond donors (Lipinski definition) is 4. The van der Waals surface area contributed by atoms with Crippen molar-refractivity contribution < 1.29 is 9.18 Å². The third-order valence-electron chi connectivity index (χ3n) is 4.33.